The van der Waals surface area contributed by atoms with E-state index in [0.29, 0.717) is 18.3 Å². The molecule has 2 atom stereocenters. The van der Waals surface area contributed by atoms with Crippen molar-refractivity contribution in [2.45, 2.75) is 33.6 Å². The summed E-state index contributed by atoms with van der Waals surface area (Å²) in [6.45, 7) is 8.85. The van der Waals surface area contributed by atoms with E-state index in [0.717, 1.165) is 25.9 Å². The first-order chi connectivity index (χ1) is 7.54. The van der Waals surface area contributed by atoms with E-state index in [-0.39, 0.29) is 11.3 Å². The van der Waals surface area contributed by atoms with E-state index in [2.05, 4.69) is 19.2 Å². The quantitative estimate of drug-likeness (QED) is 0.753. The van der Waals surface area contributed by atoms with E-state index in [9.17, 15) is 4.79 Å². The zero-order valence-electron chi connectivity index (χ0n) is 11.0. The van der Waals surface area contributed by atoms with Crippen LogP contribution in [0.2, 0.25) is 0 Å². The molecule has 0 aliphatic carbocycles. The average Bonchev–Trinajstić information content (AvgIpc) is 2.75. The first kappa shape index (κ1) is 13.7. The van der Waals surface area contributed by atoms with Gasteiger partial charge >= 0.3 is 0 Å². The number of methoxy groups -OCH3 is 1. The zero-order valence-corrected chi connectivity index (χ0v) is 11.0. The topological polar surface area (TPSA) is 38.3 Å². The summed E-state index contributed by atoms with van der Waals surface area (Å²) >= 11 is 0. The molecule has 0 spiro atoms. The molecule has 0 radical (unpaired) electrons. The molecule has 1 heterocycles. The van der Waals surface area contributed by atoms with Gasteiger partial charge in [0.25, 0.3) is 0 Å². The molecule has 16 heavy (non-hydrogen) atoms. The van der Waals surface area contributed by atoms with Crippen LogP contribution in [0.4, 0.5) is 0 Å². The third-order valence-electron chi connectivity index (χ3n) is 3.99. The van der Waals surface area contributed by atoms with Gasteiger partial charge in [0.05, 0.1) is 0 Å². The van der Waals surface area contributed by atoms with Crippen molar-refractivity contribution in [1.29, 1.82) is 0 Å². The Morgan fingerprint density at radius 3 is 2.56 bits per heavy atom. The van der Waals surface area contributed by atoms with Gasteiger partial charge in [-0.25, -0.2) is 0 Å². The Morgan fingerprint density at radius 1 is 1.44 bits per heavy atom. The maximum Gasteiger partial charge on any atom is 0.143 e. The lowest BCUT2D eigenvalue weighted by Gasteiger charge is -2.33. The van der Waals surface area contributed by atoms with Gasteiger partial charge in [0, 0.05) is 31.6 Å². The minimum absolute atomic E-state index is 0.113. The summed E-state index contributed by atoms with van der Waals surface area (Å²) in [4.78, 5) is 12.5. The molecule has 0 aromatic heterocycles. The highest BCUT2D eigenvalue weighted by molar-refractivity contribution is 5.87. The number of carbonyl (C=O) groups excluding carboxylic acids is 1. The molecule has 0 aromatic rings. The summed E-state index contributed by atoms with van der Waals surface area (Å²) in [6.07, 6.45) is 1.82. The summed E-state index contributed by atoms with van der Waals surface area (Å²) in [5, 5.41) is 3.33. The van der Waals surface area contributed by atoms with Crippen LogP contribution in [0.15, 0.2) is 0 Å². The smallest absolute Gasteiger partial charge is 0.143 e. The number of Topliss-reactive ketones (excluding diaryl/α,β-unsaturated/α-hetero) is 1. The molecule has 2 unspecified atom stereocenters. The summed E-state index contributed by atoms with van der Waals surface area (Å²) in [5.74, 6) is 0.951. The Balaban J connectivity index is 2.68. The van der Waals surface area contributed by atoms with Gasteiger partial charge in [0.1, 0.15) is 5.78 Å². The highest BCUT2D eigenvalue weighted by Crippen LogP contribution is 2.37. The lowest BCUT2D eigenvalue weighted by Crippen LogP contribution is -2.41. The third-order valence-corrected chi connectivity index (χ3v) is 3.99. The molecule has 1 saturated heterocycles. The van der Waals surface area contributed by atoms with Crippen LogP contribution in [-0.2, 0) is 9.53 Å². The number of nitrogens with one attached hydrogen (secondary N) is 1. The van der Waals surface area contributed by atoms with E-state index >= 15 is 0 Å². The van der Waals surface area contributed by atoms with Gasteiger partial charge in [-0.1, -0.05) is 20.8 Å². The highest BCUT2D eigenvalue weighted by Gasteiger charge is 2.44. The molecular formula is C13H25NO2. The molecule has 3 nitrogen and oxygen atoms in total. The summed E-state index contributed by atoms with van der Waals surface area (Å²) in [7, 11) is 1.69. The van der Waals surface area contributed by atoms with Gasteiger partial charge in [-0.3, -0.25) is 4.79 Å². The van der Waals surface area contributed by atoms with Crippen molar-refractivity contribution in [2.75, 3.05) is 26.8 Å². The van der Waals surface area contributed by atoms with Gasteiger partial charge < -0.3 is 10.1 Å². The van der Waals surface area contributed by atoms with Crippen molar-refractivity contribution < 1.29 is 9.53 Å². The second-order valence-electron chi connectivity index (χ2n) is 5.28. The van der Waals surface area contributed by atoms with Crippen molar-refractivity contribution in [1.82, 2.24) is 5.32 Å². The minimum Gasteiger partial charge on any atom is -0.385 e. The molecule has 1 rings (SSSR count). The lowest BCUT2D eigenvalue weighted by atomic mass is 9.69. The van der Waals surface area contributed by atoms with Crippen LogP contribution in [0, 0.1) is 17.3 Å². The van der Waals surface area contributed by atoms with Crippen LogP contribution in [0.25, 0.3) is 0 Å². The first-order valence-corrected chi connectivity index (χ1v) is 6.28. The Labute approximate surface area is 98.9 Å². The molecule has 1 aliphatic rings. The van der Waals surface area contributed by atoms with Crippen LogP contribution in [0.5, 0.6) is 0 Å². The van der Waals surface area contributed by atoms with Crippen LogP contribution in [0.3, 0.4) is 0 Å². The number of hydrogen-bond donors (Lipinski definition) is 1. The highest BCUT2D eigenvalue weighted by atomic mass is 16.5. The summed E-state index contributed by atoms with van der Waals surface area (Å²) < 4.78 is 5.05. The van der Waals surface area contributed by atoms with Crippen LogP contribution in [0.1, 0.15) is 33.6 Å². The van der Waals surface area contributed by atoms with Crippen LogP contribution >= 0.6 is 0 Å². The predicted octanol–water partition coefficient (Wildman–Crippen LogP) is 1.86. The largest absolute Gasteiger partial charge is 0.385 e. The Morgan fingerprint density at radius 2 is 2.12 bits per heavy atom. The molecule has 0 bridgehead atoms. The molecule has 3 heteroatoms. The standard InChI is InChI=1S/C13H25NO2/c1-10(2)13(6-7-14-9-13)12(15)11(3)5-8-16-4/h10-11,14H,5-9H2,1-4H3. The second kappa shape index (κ2) is 5.78. The van der Waals surface area contributed by atoms with Gasteiger partial charge in [-0.2, -0.15) is 0 Å². The second-order valence-corrected chi connectivity index (χ2v) is 5.28. The third kappa shape index (κ3) is 2.64. The number of ether oxygens (including phenoxy) is 1. The normalized spacial score (nSPS) is 27.3. The van der Waals surface area contributed by atoms with E-state index in [1.807, 2.05) is 6.92 Å². The number of ketones is 1. The lowest BCUT2D eigenvalue weighted by molar-refractivity contribution is -0.134. The molecule has 1 aliphatic heterocycles. The molecule has 0 amide bonds. The average molecular weight is 227 g/mol. The molecule has 1 N–H and O–H groups in total. The van der Waals surface area contributed by atoms with Crippen molar-refractivity contribution >= 4 is 5.78 Å². The van der Waals surface area contributed by atoms with Gasteiger partial charge in [0.2, 0.25) is 0 Å². The Hall–Kier alpha value is -0.410. The fraction of sp³-hybridized carbons (Fsp3) is 0.923. The molecular weight excluding hydrogens is 202 g/mol. The summed E-state index contributed by atoms with van der Waals surface area (Å²) in [5.41, 5.74) is -0.132. The Bertz CT molecular complexity index is 232. The maximum atomic E-state index is 12.5. The molecule has 1 fully saturated rings. The fourth-order valence-corrected chi connectivity index (χ4v) is 2.62. The minimum atomic E-state index is -0.132. The van der Waals surface area contributed by atoms with Crippen molar-refractivity contribution in [2.24, 2.45) is 17.3 Å². The number of hydrogen-bond acceptors (Lipinski definition) is 3. The number of carbonyl (C=O) groups is 1. The fourth-order valence-electron chi connectivity index (χ4n) is 2.62. The first-order valence-electron chi connectivity index (χ1n) is 6.28. The van der Waals surface area contributed by atoms with Crippen molar-refractivity contribution in [3.05, 3.63) is 0 Å². The SMILES string of the molecule is COCCC(C)C(=O)C1(C(C)C)CCNC1. The zero-order chi connectivity index (χ0) is 12.2. The van der Waals surface area contributed by atoms with Gasteiger partial charge in [-0.05, 0) is 25.3 Å². The van der Waals surface area contributed by atoms with Gasteiger partial charge in [-0.15, -0.1) is 0 Å². The Kier molecular flexibility index (Phi) is 4.93. The number of rotatable bonds is 6. The van der Waals surface area contributed by atoms with E-state index < -0.39 is 0 Å². The molecule has 94 valence electrons. The maximum absolute atomic E-state index is 12.5. The van der Waals surface area contributed by atoms with E-state index in [1.165, 1.54) is 0 Å². The van der Waals surface area contributed by atoms with Crippen LogP contribution in [-0.4, -0.2) is 32.6 Å². The summed E-state index contributed by atoms with van der Waals surface area (Å²) in [6, 6.07) is 0. The van der Waals surface area contributed by atoms with Crippen molar-refractivity contribution in [3.63, 3.8) is 0 Å². The van der Waals surface area contributed by atoms with Crippen LogP contribution < -0.4 is 5.32 Å². The van der Waals surface area contributed by atoms with E-state index in [1.54, 1.807) is 7.11 Å². The van der Waals surface area contributed by atoms with Gasteiger partial charge in [0.15, 0.2) is 0 Å². The van der Waals surface area contributed by atoms with Crippen molar-refractivity contribution in [3.8, 4) is 0 Å². The monoisotopic (exact) mass is 227 g/mol. The molecule has 0 saturated carbocycles. The predicted molar refractivity (Wildman–Crippen MR) is 65.4 cm³/mol. The van der Waals surface area contributed by atoms with E-state index in [4.69, 9.17) is 4.74 Å². The molecule has 0 aromatic carbocycles.